The van der Waals surface area contributed by atoms with Gasteiger partial charge in [-0.05, 0) is 37.0 Å². The van der Waals surface area contributed by atoms with Gasteiger partial charge in [-0.3, -0.25) is 0 Å². The Hall–Kier alpha value is -0.0800. The van der Waals surface area contributed by atoms with Crippen LogP contribution in [0.1, 0.15) is 52.4 Å². The van der Waals surface area contributed by atoms with Crippen LogP contribution in [0.5, 0.6) is 0 Å². The van der Waals surface area contributed by atoms with Crippen molar-refractivity contribution >= 4 is 0 Å². The van der Waals surface area contributed by atoms with Gasteiger partial charge in [-0.15, -0.1) is 0 Å². The zero-order valence-corrected chi connectivity index (χ0v) is 9.58. The fraction of sp³-hybridized carbons (Fsp3) is 1.00. The first-order chi connectivity index (χ1) is 6.59. The van der Waals surface area contributed by atoms with Crippen molar-refractivity contribution in [2.75, 3.05) is 0 Å². The fourth-order valence-electron chi connectivity index (χ4n) is 2.67. The molecule has 2 heteroatoms. The van der Waals surface area contributed by atoms with Gasteiger partial charge in [-0.2, -0.15) is 0 Å². The van der Waals surface area contributed by atoms with Crippen LogP contribution in [0.3, 0.4) is 0 Å². The molecule has 0 aromatic heterocycles. The largest absolute Gasteiger partial charge is 0.379 e. The summed E-state index contributed by atoms with van der Waals surface area (Å²) in [6.45, 7) is 4.67. The summed E-state index contributed by atoms with van der Waals surface area (Å²) >= 11 is 0. The third-order valence-corrected chi connectivity index (χ3v) is 3.70. The van der Waals surface area contributed by atoms with E-state index in [4.69, 9.17) is 10.8 Å². The average Bonchev–Trinajstić information content (AvgIpc) is 2.14. The zero-order valence-electron chi connectivity index (χ0n) is 9.58. The Morgan fingerprint density at radius 3 is 2.64 bits per heavy atom. The number of hydrogen-bond donors (Lipinski definition) is 2. The van der Waals surface area contributed by atoms with Crippen LogP contribution in [-0.4, -0.2) is 11.3 Å². The van der Waals surface area contributed by atoms with Crippen LogP contribution >= 0.6 is 0 Å². The van der Waals surface area contributed by atoms with Gasteiger partial charge in [0.1, 0.15) is 6.23 Å². The number of aliphatic hydroxyl groups is 1. The topological polar surface area (TPSA) is 46.2 Å². The molecule has 0 saturated heterocycles. The standard InChI is InChI=1S/C12H25NO/c1-9-4-3-5-11(8-9)10(2)6-7-12(13)14/h9-12,14H,3-8,13H2,1-2H3/t9?,10-,11?,12-/m0/s1. The number of rotatable bonds is 4. The monoisotopic (exact) mass is 199 g/mol. The summed E-state index contributed by atoms with van der Waals surface area (Å²) in [6, 6.07) is 0. The summed E-state index contributed by atoms with van der Waals surface area (Å²) in [7, 11) is 0. The Bertz CT molecular complexity index is 158. The minimum atomic E-state index is -0.613. The Morgan fingerprint density at radius 1 is 1.36 bits per heavy atom. The molecular weight excluding hydrogens is 174 g/mol. The van der Waals surface area contributed by atoms with Crippen LogP contribution in [0.2, 0.25) is 0 Å². The Labute approximate surface area is 87.9 Å². The molecule has 3 N–H and O–H groups in total. The van der Waals surface area contributed by atoms with Crippen molar-refractivity contribution in [1.82, 2.24) is 0 Å². The maximum absolute atomic E-state index is 9.03. The molecule has 0 amide bonds. The Kier molecular flexibility index (Phi) is 4.90. The van der Waals surface area contributed by atoms with Gasteiger partial charge in [-0.25, -0.2) is 0 Å². The maximum atomic E-state index is 9.03. The Morgan fingerprint density at radius 2 is 2.07 bits per heavy atom. The molecule has 0 bridgehead atoms. The van der Waals surface area contributed by atoms with Gasteiger partial charge in [0.05, 0.1) is 0 Å². The maximum Gasteiger partial charge on any atom is 0.102 e. The lowest BCUT2D eigenvalue weighted by Crippen LogP contribution is -2.23. The highest BCUT2D eigenvalue weighted by atomic mass is 16.3. The predicted molar refractivity (Wildman–Crippen MR) is 59.7 cm³/mol. The lowest BCUT2D eigenvalue weighted by molar-refractivity contribution is 0.143. The highest BCUT2D eigenvalue weighted by Crippen LogP contribution is 2.35. The molecule has 0 aromatic carbocycles. The van der Waals surface area contributed by atoms with Gasteiger partial charge in [0.2, 0.25) is 0 Å². The molecule has 1 aliphatic rings. The van der Waals surface area contributed by atoms with Crippen LogP contribution in [0.4, 0.5) is 0 Å². The lowest BCUT2D eigenvalue weighted by atomic mass is 9.75. The first kappa shape index (κ1) is 12.0. The van der Waals surface area contributed by atoms with E-state index < -0.39 is 6.23 Å². The molecule has 0 aromatic rings. The van der Waals surface area contributed by atoms with Crippen molar-refractivity contribution in [3.05, 3.63) is 0 Å². The SMILES string of the molecule is CC1CCCC([C@@H](C)CC[C@@H](N)O)C1. The Balaban J connectivity index is 2.25. The van der Waals surface area contributed by atoms with E-state index >= 15 is 0 Å². The summed E-state index contributed by atoms with van der Waals surface area (Å²) < 4.78 is 0. The third kappa shape index (κ3) is 3.97. The fourth-order valence-corrected chi connectivity index (χ4v) is 2.67. The van der Waals surface area contributed by atoms with E-state index in [-0.39, 0.29) is 0 Å². The van der Waals surface area contributed by atoms with E-state index in [1.54, 1.807) is 0 Å². The molecule has 84 valence electrons. The van der Waals surface area contributed by atoms with Gasteiger partial charge in [-0.1, -0.05) is 33.1 Å². The molecule has 0 spiro atoms. The van der Waals surface area contributed by atoms with Crippen molar-refractivity contribution in [1.29, 1.82) is 0 Å². The van der Waals surface area contributed by atoms with Gasteiger partial charge >= 0.3 is 0 Å². The van der Waals surface area contributed by atoms with Crippen molar-refractivity contribution in [2.45, 2.75) is 58.6 Å². The van der Waals surface area contributed by atoms with E-state index in [1.165, 1.54) is 25.7 Å². The zero-order chi connectivity index (χ0) is 10.6. The first-order valence-corrected chi connectivity index (χ1v) is 6.03. The van der Waals surface area contributed by atoms with E-state index in [2.05, 4.69) is 13.8 Å². The molecular formula is C12H25NO. The lowest BCUT2D eigenvalue weighted by Gasteiger charge is -2.31. The van der Waals surface area contributed by atoms with Crippen molar-refractivity contribution in [2.24, 2.45) is 23.5 Å². The van der Waals surface area contributed by atoms with Gasteiger partial charge in [0.15, 0.2) is 0 Å². The highest BCUT2D eigenvalue weighted by Gasteiger charge is 2.23. The first-order valence-electron chi connectivity index (χ1n) is 6.03. The number of hydrogen-bond acceptors (Lipinski definition) is 2. The van der Waals surface area contributed by atoms with E-state index in [1.807, 2.05) is 0 Å². The molecule has 1 saturated carbocycles. The number of aliphatic hydroxyl groups excluding tert-OH is 1. The van der Waals surface area contributed by atoms with Crippen LogP contribution in [0.15, 0.2) is 0 Å². The molecule has 0 radical (unpaired) electrons. The third-order valence-electron chi connectivity index (χ3n) is 3.70. The quantitative estimate of drug-likeness (QED) is 0.683. The van der Waals surface area contributed by atoms with Crippen LogP contribution in [0.25, 0.3) is 0 Å². The molecule has 1 fully saturated rings. The predicted octanol–water partition coefficient (Wildman–Crippen LogP) is 2.51. The van der Waals surface area contributed by atoms with E-state index in [0.717, 1.165) is 30.6 Å². The van der Waals surface area contributed by atoms with Gasteiger partial charge in [0.25, 0.3) is 0 Å². The number of nitrogens with two attached hydrogens (primary N) is 1. The molecule has 1 rings (SSSR count). The second-order valence-electron chi connectivity index (χ2n) is 5.15. The second kappa shape index (κ2) is 5.72. The molecule has 2 unspecified atom stereocenters. The van der Waals surface area contributed by atoms with Crippen molar-refractivity contribution in [3.8, 4) is 0 Å². The van der Waals surface area contributed by atoms with Crippen LogP contribution in [-0.2, 0) is 0 Å². The molecule has 2 nitrogen and oxygen atoms in total. The molecule has 4 atom stereocenters. The highest BCUT2D eigenvalue weighted by molar-refractivity contribution is 4.75. The second-order valence-corrected chi connectivity index (χ2v) is 5.15. The molecule has 0 aliphatic heterocycles. The average molecular weight is 199 g/mol. The summed E-state index contributed by atoms with van der Waals surface area (Å²) in [6.07, 6.45) is 6.78. The summed E-state index contributed by atoms with van der Waals surface area (Å²) in [5.74, 6) is 2.51. The van der Waals surface area contributed by atoms with E-state index in [0.29, 0.717) is 0 Å². The molecule has 1 aliphatic carbocycles. The molecule has 0 heterocycles. The van der Waals surface area contributed by atoms with Crippen molar-refractivity contribution < 1.29 is 5.11 Å². The minimum absolute atomic E-state index is 0.613. The smallest absolute Gasteiger partial charge is 0.102 e. The summed E-state index contributed by atoms with van der Waals surface area (Å²) in [5, 5.41) is 9.03. The minimum Gasteiger partial charge on any atom is -0.379 e. The summed E-state index contributed by atoms with van der Waals surface area (Å²) in [4.78, 5) is 0. The van der Waals surface area contributed by atoms with Gasteiger partial charge < -0.3 is 10.8 Å². The van der Waals surface area contributed by atoms with E-state index in [9.17, 15) is 0 Å². The molecule has 14 heavy (non-hydrogen) atoms. The summed E-state index contributed by atoms with van der Waals surface area (Å²) in [5.41, 5.74) is 5.35. The van der Waals surface area contributed by atoms with Crippen molar-refractivity contribution in [3.63, 3.8) is 0 Å². The van der Waals surface area contributed by atoms with Gasteiger partial charge in [0, 0.05) is 0 Å². The normalized spacial score (nSPS) is 32.6. The van der Waals surface area contributed by atoms with Crippen LogP contribution < -0.4 is 5.73 Å². The van der Waals surface area contributed by atoms with Crippen LogP contribution in [0, 0.1) is 17.8 Å².